The first-order chi connectivity index (χ1) is 9.37. The number of halogens is 1. The summed E-state index contributed by atoms with van der Waals surface area (Å²) >= 11 is 3.48. The first-order valence-electron chi connectivity index (χ1n) is 6.86. The smallest absolute Gasteiger partial charge is 0.263 e. The van der Waals surface area contributed by atoms with Gasteiger partial charge in [0.2, 0.25) is 5.95 Å². The molecule has 1 aliphatic carbocycles. The van der Waals surface area contributed by atoms with Crippen LogP contribution in [0.1, 0.15) is 39.7 Å². The Labute approximate surface area is 126 Å². The van der Waals surface area contributed by atoms with E-state index in [4.69, 9.17) is 0 Å². The summed E-state index contributed by atoms with van der Waals surface area (Å²) < 4.78 is 2.67. The van der Waals surface area contributed by atoms with Crippen molar-refractivity contribution in [1.29, 1.82) is 0 Å². The lowest BCUT2D eigenvalue weighted by atomic mass is 10.1. The fourth-order valence-electron chi connectivity index (χ4n) is 2.28. The van der Waals surface area contributed by atoms with E-state index in [1.54, 1.807) is 0 Å². The van der Waals surface area contributed by atoms with Crippen molar-refractivity contribution in [3.63, 3.8) is 0 Å². The lowest BCUT2D eigenvalue weighted by Gasteiger charge is -2.24. The summed E-state index contributed by atoms with van der Waals surface area (Å²) in [6, 6.07) is 5.93. The second-order valence-electron chi connectivity index (χ2n) is 6.35. The molecular formula is C15H18BrN3O. The van der Waals surface area contributed by atoms with Crippen molar-refractivity contribution in [1.82, 2.24) is 9.55 Å². The average molecular weight is 336 g/mol. The molecule has 0 amide bonds. The molecular weight excluding hydrogens is 318 g/mol. The number of nitrogens with zero attached hydrogens (tertiary/aromatic N) is 2. The second-order valence-corrected chi connectivity index (χ2v) is 7.21. The SMILES string of the molecule is CC(C)(C)Nc1nc2c(Br)cccc2c(=O)n1C1CC1. The quantitative estimate of drug-likeness (QED) is 0.910. The van der Waals surface area contributed by atoms with Gasteiger partial charge in [-0.3, -0.25) is 9.36 Å². The summed E-state index contributed by atoms with van der Waals surface area (Å²) in [6.45, 7) is 6.21. The van der Waals surface area contributed by atoms with Crippen molar-refractivity contribution in [2.45, 2.75) is 45.2 Å². The van der Waals surface area contributed by atoms with Crippen molar-refractivity contribution in [3.8, 4) is 0 Å². The Morgan fingerprint density at radius 1 is 1.35 bits per heavy atom. The van der Waals surface area contributed by atoms with E-state index in [1.165, 1.54) is 0 Å². The number of rotatable bonds is 2. The lowest BCUT2D eigenvalue weighted by Crippen LogP contribution is -2.32. The molecule has 0 aliphatic heterocycles. The van der Waals surface area contributed by atoms with Crippen LogP contribution in [0.2, 0.25) is 0 Å². The average Bonchev–Trinajstić information content (AvgIpc) is 3.13. The lowest BCUT2D eigenvalue weighted by molar-refractivity contribution is 0.601. The highest BCUT2D eigenvalue weighted by molar-refractivity contribution is 9.10. The molecule has 0 spiro atoms. The van der Waals surface area contributed by atoms with E-state index >= 15 is 0 Å². The van der Waals surface area contributed by atoms with Crippen LogP contribution in [0.3, 0.4) is 0 Å². The highest BCUT2D eigenvalue weighted by atomic mass is 79.9. The van der Waals surface area contributed by atoms with Gasteiger partial charge >= 0.3 is 0 Å². The molecule has 1 aromatic carbocycles. The third kappa shape index (κ3) is 2.46. The molecule has 1 saturated carbocycles. The van der Waals surface area contributed by atoms with Crippen LogP contribution in [0.15, 0.2) is 27.5 Å². The topological polar surface area (TPSA) is 46.9 Å². The molecule has 1 heterocycles. The molecule has 106 valence electrons. The number of nitrogens with one attached hydrogen (secondary N) is 1. The van der Waals surface area contributed by atoms with E-state index in [-0.39, 0.29) is 11.1 Å². The van der Waals surface area contributed by atoms with Crippen molar-refractivity contribution < 1.29 is 0 Å². The molecule has 5 heteroatoms. The highest BCUT2D eigenvalue weighted by Gasteiger charge is 2.29. The standard InChI is InChI=1S/C15H18BrN3O/c1-15(2,3)18-14-17-12-10(5-4-6-11(12)16)13(20)19(14)9-7-8-9/h4-6,9H,7-8H2,1-3H3,(H,17,18). The molecule has 20 heavy (non-hydrogen) atoms. The first kappa shape index (κ1) is 13.6. The Balaban J connectivity index is 2.29. The molecule has 4 nitrogen and oxygen atoms in total. The van der Waals surface area contributed by atoms with E-state index < -0.39 is 0 Å². The predicted octanol–water partition coefficient (Wildman–Crippen LogP) is 3.70. The van der Waals surface area contributed by atoms with Gasteiger partial charge in [-0.05, 0) is 61.7 Å². The second kappa shape index (κ2) is 4.58. The monoisotopic (exact) mass is 335 g/mol. The number of fused-ring (bicyclic) bond motifs is 1. The molecule has 0 atom stereocenters. The third-order valence-electron chi connectivity index (χ3n) is 3.28. The highest BCUT2D eigenvalue weighted by Crippen LogP contribution is 2.36. The van der Waals surface area contributed by atoms with Gasteiger partial charge in [0.25, 0.3) is 5.56 Å². The summed E-state index contributed by atoms with van der Waals surface area (Å²) in [5, 5.41) is 4.03. The maximum absolute atomic E-state index is 12.7. The van der Waals surface area contributed by atoms with Crippen molar-refractivity contribution in [2.24, 2.45) is 0 Å². The van der Waals surface area contributed by atoms with Gasteiger partial charge in [0.15, 0.2) is 0 Å². The first-order valence-corrected chi connectivity index (χ1v) is 7.65. The van der Waals surface area contributed by atoms with Crippen LogP contribution in [0.5, 0.6) is 0 Å². The van der Waals surface area contributed by atoms with E-state index in [9.17, 15) is 4.79 Å². The van der Waals surface area contributed by atoms with Crippen molar-refractivity contribution in [2.75, 3.05) is 5.32 Å². The zero-order valence-electron chi connectivity index (χ0n) is 11.9. The molecule has 0 bridgehead atoms. The summed E-state index contributed by atoms with van der Waals surface area (Å²) in [6.07, 6.45) is 2.11. The van der Waals surface area contributed by atoms with Gasteiger partial charge in [-0.25, -0.2) is 4.98 Å². The van der Waals surface area contributed by atoms with Crippen molar-refractivity contribution >= 4 is 32.8 Å². The van der Waals surface area contributed by atoms with Gasteiger partial charge in [0.05, 0.1) is 10.9 Å². The number of anilines is 1. The largest absolute Gasteiger partial charge is 0.351 e. The van der Waals surface area contributed by atoms with E-state index in [2.05, 4.69) is 47.0 Å². The molecule has 1 fully saturated rings. The fraction of sp³-hybridized carbons (Fsp3) is 0.467. The predicted molar refractivity (Wildman–Crippen MR) is 85.3 cm³/mol. The Morgan fingerprint density at radius 3 is 2.65 bits per heavy atom. The maximum Gasteiger partial charge on any atom is 0.263 e. The van der Waals surface area contributed by atoms with Crippen LogP contribution in [0, 0.1) is 0 Å². The summed E-state index contributed by atoms with van der Waals surface area (Å²) in [4.78, 5) is 17.4. The third-order valence-corrected chi connectivity index (χ3v) is 3.92. The van der Waals surface area contributed by atoms with E-state index in [1.807, 2.05) is 22.8 Å². The minimum absolute atomic E-state index is 0.0468. The van der Waals surface area contributed by atoms with Gasteiger partial charge in [-0.2, -0.15) is 0 Å². The Kier molecular flexibility index (Phi) is 3.12. The summed E-state index contributed by atoms with van der Waals surface area (Å²) in [5.74, 6) is 0.671. The fourth-order valence-corrected chi connectivity index (χ4v) is 2.74. The summed E-state index contributed by atoms with van der Waals surface area (Å²) in [7, 11) is 0. The zero-order chi connectivity index (χ0) is 14.5. The minimum Gasteiger partial charge on any atom is -0.351 e. The Hall–Kier alpha value is -1.36. The zero-order valence-corrected chi connectivity index (χ0v) is 13.5. The molecule has 0 radical (unpaired) electrons. The van der Waals surface area contributed by atoms with Gasteiger partial charge in [-0.15, -0.1) is 0 Å². The van der Waals surface area contributed by atoms with E-state index in [0.29, 0.717) is 17.4 Å². The van der Waals surface area contributed by atoms with Crippen LogP contribution >= 0.6 is 15.9 Å². The maximum atomic E-state index is 12.7. The molecule has 2 aromatic rings. The van der Waals surface area contributed by atoms with Crippen LogP contribution < -0.4 is 10.9 Å². The number of benzene rings is 1. The Morgan fingerprint density at radius 2 is 2.05 bits per heavy atom. The summed E-state index contributed by atoms with van der Waals surface area (Å²) in [5.41, 5.74) is 0.636. The van der Waals surface area contributed by atoms with Gasteiger partial charge in [0.1, 0.15) is 0 Å². The molecule has 1 aromatic heterocycles. The number of hydrogen-bond donors (Lipinski definition) is 1. The molecule has 1 aliphatic rings. The normalized spacial score (nSPS) is 15.6. The molecule has 0 saturated heterocycles. The van der Waals surface area contributed by atoms with Crippen LogP contribution in [-0.2, 0) is 0 Å². The Bertz CT molecular complexity index is 726. The van der Waals surface area contributed by atoms with E-state index in [0.717, 1.165) is 22.8 Å². The molecule has 1 N–H and O–H groups in total. The molecule has 0 unspecified atom stereocenters. The number of para-hydroxylation sites is 1. The van der Waals surface area contributed by atoms with Crippen molar-refractivity contribution in [3.05, 3.63) is 33.0 Å². The van der Waals surface area contributed by atoms with Gasteiger partial charge in [-0.1, -0.05) is 6.07 Å². The van der Waals surface area contributed by atoms with Crippen LogP contribution in [-0.4, -0.2) is 15.1 Å². The number of hydrogen-bond acceptors (Lipinski definition) is 3. The molecule has 3 rings (SSSR count). The minimum atomic E-state index is -0.134. The van der Waals surface area contributed by atoms with Crippen LogP contribution in [0.25, 0.3) is 10.9 Å². The van der Waals surface area contributed by atoms with Crippen LogP contribution in [0.4, 0.5) is 5.95 Å². The number of aromatic nitrogens is 2. The van der Waals surface area contributed by atoms with Gasteiger partial charge < -0.3 is 5.32 Å². The van der Waals surface area contributed by atoms with Gasteiger partial charge in [0, 0.05) is 16.1 Å².